The van der Waals surface area contributed by atoms with Crippen molar-refractivity contribution in [3.05, 3.63) is 6.07 Å². The van der Waals surface area contributed by atoms with Gasteiger partial charge in [0.1, 0.15) is 0 Å². The molecular formula is C8H12N2O3. The number of aromatic hydroxyl groups is 2. The molecule has 0 atom stereocenters. The Hall–Kier alpha value is -1.78. The molecule has 0 heterocycles. The number of phenols is 2. The van der Waals surface area contributed by atoms with Crippen LogP contribution in [0.1, 0.15) is 6.92 Å². The lowest BCUT2D eigenvalue weighted by Crippen LogP contribution is -1.98. The summed E-state index contributed by atoms with van der Waals surface area (Å²) in [5, 5.41) is 18.7. The predicted octanol–water partition coefficient (Wildman–Crippen LogP) is 0.661. The zero-order valence-electron chi connectivity index (χ0n) is 7.24. The Balaban J connectivity index is 3.28. The van der Waals surface area contributed by atoms with Crippen LogP contribution in [-0.2, 0) is 0 Å². The standard InChI is InChI=1S/C8H12N2O3/c1-2-13-8-6(11)4(9)3-5(10)7(8)12/h3,11-12H,2,9-10H2,1H3. The molecule has 0 saturated carbocycles. The number of anilines is 2. The molecule has 0 aliphatic heterocycles. The minimum Gasteiger partial charge on any atom is -0.503 e. The van der Waals surface area contributed by atoms with E-state index in [1.54, 1.807) is 6.92 Å². The van der Waals surface area contributed by atoms with E-state index in [0.29, 0.717) is 6.61 Å². The van der Waals surface area contributed by atoms with E-state index in [-0.39, 0.29) is 28.6 Å². The van der Waals surface area contributed by atoms with Gasteiger partial charge in [-0.25, -0.2) is 0 Å². The van der Waals surface area contributed by atoms with Crippen molar-refractivity contribution in [3.63, 3.8) is 0 Å². The molecule has 0 radical (unpaired) electrons. The fraction of sp³-hybridized carbons (Fsp3) is 0.250. The van der Waals surface area contributed by atoms with Gasteiger partial charge in [-0.3, -0.25) is 0 Å². The van der Waals surface area contributed by atoms with E-state index >= 15 is 0 Å². The Morgan fingerprint density at radius 2 is 1.69 bits per heavy atom. The molecule has 72 valence electrons. The smallest absolute Gasteiger partial charge is 0.207 e. The molecule has 0 unspecified atom stereocenters. The summed E-state index contributed by atoms with van der Waals surface area (Å²) < 4.78 is 4.97. The number of ether oxygens (including phenoxy) is 1. The lowest BCUT2D eigenvalue weighted by molar-refractivity contribution is 0.300. The maximum Gasteiger partial charge on any atom is 0.207 e. The molecule has 0 amide bonds. The highest BCUT2D eigenvalue weighted by atomic mass is 16.5. The van der Waals surface area contributed by atoms with Crippen molar-refractivity contribution < 1.29 is 14.9 Å². The third-order valence-corrected chi connectivity index (χ3v) is 1.58. The van der Waals surface area contributed by atoms with Gasteiger partial charge in [0, 0.05) is 0 Å². The highest BCUT2D eigenvalue weighted by Crippen LogP contribution is 2.44. The molecule has 5 heteroatoms. The maximum atomic E-state index is 9.37. The summed E-state index contributed by atoms with van der Waals surface area (Å²) >= 11 is 0. The van der Waals surface area contributed by atoms with Crippen LogP contribution in [0.15, 0.2) is 6.07 Å². The monoisotopic (exact) mass is 184 g/mol. The van der Waals surface area contributed by atoms with Gasteiger partial charge in [-0.05, 0) is 13.0 Å². The van der Waals surface area contributed by atoms with E-state index in [1.807, 2.05) is 0 Å². The Morgan fingerprint density at radius 3 is 2.08 bits per heavy atom. The van der Waals surface area contributed by atoms with Gasteiger partial charge >= 0.3 is 0 Å². The van der Waals surface area contributed by atoms with E-state index in [0.717, 1.165) is 0 Å². The first kappa shape index (κ1) is 9.31. The summed E-state index contributed by atoms with van der Waals surface area (Å²) in [5.74, 6) is -0.637. The minimum atomic E-state index is -0.284. The van der Waals surface area contributed by atoms with E-state index in [1.165, 1.54) is 6.07 Å². The van der Waals surface area contributed by atoms with E-state index in [4.69, 9.17) is 16.2 Å². The number of nitrogen functional groups attached to an aromatic ring is 2. The predicted molar refractivity (Wildman–Crippen MR) is 49.8 cm³/mol. The Kier molecular flexibility index (Phi) is 2.36. The number of hydrogen-bond acceptors (Lipinski definition) is 5. The average molecular weight is 184 g/mol. The van der Waals surface area contributed by atoms with E-state index < -0.39 is 0 Å². The van der Waals surface area contributed by atoms with Crippen LogP contribution < -0.4 is 16.2 Å². The number of phenolic OH excluding ortho intramolecular Hbond substituents is 2. The van der Waals surface area contributed by atoms with Gasteiger partial charge in [-0.2, -0.15) is 0 Å². The van der Waals surface area contributed by atoms with Crippen molar-refractivity contribution >= 4 is 11.4 Å². The van der Waals surface area contributed by atoms with Gasteiger partial charge in [0.05, 0.1) is 18.0 Å². The van der Waals surface area contributed by atoms with Crippen LogP contribution in [0.4, 0.5) is 11.4 Å². The third kappa shape index (κ3) is 1.53. The summed E-state index contributed by atoms with van der Waals surface area (Å²) in [6.45, 7) is 2.03. The first-order valence-electron chi connectivity index (χ1n) is 3.80. The van der Waals surface area contributed by atoms with Crippen LogP contribution in [-0.4, -0.2) is 16.8 Å². The summed E-state index contributed by atoms with van der Waals surface area (Å²) in [6.07, 6.45) is 0. The van der Waals surface area contributed by atoms with Crippen LogP contribution in [0.2, 0.25) is 0 Å². The zero-order chi connectivity index (χ0) is 10.0. The van der Waals surface area contributed by atoms with Crippen molar-refractivity contribution in [2.75, 3.05) is 18.1 Å². The summed E-state index contributed by atoms with van der Waals surface area (Å²) in [7, 11) is 0. The van der Waals surface area contributed by atoms with Crippen LogP contribution in [0.25, 0.3) is 0 Å². The molecule has 1 aromatic carbocycles. The van der Waals surface area contributed by atoms with Gasteiger partial charge in [0.25, 0.3) is 0 Å². The third-order valence-electron chi connectivity index (χ3n) is 1.58. The lowest BCUT2D eigenvalue weighted by Gasteiger charge is -2.11. The highest BCUT2D eigenvalue weighted by Gasteiger charge is 2.14. The fourth-order valence-electron chi connectivity index (χ4n) is 0.960. The number of nitrogens with two attached hydrogens (primary N) is 2. The van der Waals surface area contributed by atoms with Crippen molar-refractivity contribution in [2.45, 2.75) is 6.92 Å². The first-order valence-corrected chi connectivity index (χ1v) is 3.80. The second kappa shape index (κ2) is 3.30. The molecule has 5 nitrogen and oxygen atoms in total. The molecule has 0 aliphatic carbocycles. The first-order chi connectivity index (χ1) is 6.07. The molecule has 0 spiro atoms. The van der Waals surface area contributed by atoms with Gasteiger partial charge in [-0.15, -0.1) is 0 Å². The van der Waals surface area contributed by atoms with Crippen LogP contribution >= 0.6 is 0 Å². The summed E-state index contributed by atoms with van der Waals surface area (Å²) in [4.78, 5) is 0. The van der Waals surface area contributed by atoms with Gasteiger partial charge < -0.3 is 26.4 Å². The van der Waals surface area contributed by atoms with Crippen molar-refractivity contribution in [3.8, 4) is 17.2 Å². The Bertz CT molecular complexity index is 299. The van der Waals surface area contributed by atoms with Crippen LogP contribution in [0, 0.1) is 0 Å². The average Bonchev–Trinajstić information content (AvgIpc) is 2.09. The van der Waals surface area contributed by atoms with Crippen molar-refractivity contribution in [2.24, 2.45) is 0 Å². The largest absolute Gasteiger partial charge is 0.503 e. The van der Waals surface area contributed by atoms with E-state index in [9.17, 15) is 10.2 Å². The molecule has 0 aromatic heterocycles. The second-order valence-corrected chi connectivity index (χ2v) is 2.51. The second-order valence-electron chi connectivity index (χ2n) is 2.51. The number of rotatable bonds is 2. The van der Waals surface area contributed by atoms with Gasteiger partial charge in [0.15, 0.2) is 11.5 Å². The van der Waals surface area contributed by atoms with Crippen molar-refractivity contribution in [1.29, 1.82) is 0 Å². The number of benzene rings is 1. The maximum absolute atomic E-state index is 9.37. The molecule has 0 aliphatic rings. The van der Waals surface area contributed by atoms with Crippen molar-refractivity contribution in [1.82, 2.24) is 0 Å². The molecule has 13 heavy (non-hydrogen) atoms. The molecule has 0 saturated heterocycles. The molecular weight excluding hydrogens is 172 g/mol. The lowest BCUT2D eigenvalue weighted by atomic mass is 10.2. The zero-order valence-corrected chi connectivity index (χ0v) is 7.24. The van der Waals surface area contributed by atoms with Gasteiger partial charge in [0.2, 0.25) is 5.75 Å². The molecule has 1 rings (SSSR count). The summed E-state index contributed by atoms with van der Waals surface area (Å²) in [5.41, 5.74) is 11.0. The molecule has 1 aromatic rings. The van der Waals surface area contributed by atoms with Crippen LogP contribution in [0.5, 0.6) is 17.2 Å². The normalized spacial score (nSPS) is 9.92. The fourth-order valence-corrected chi connectivity index (χ4v) is 0.960. The van der Waals surface area contributed by atoms with Crippen LogP contribution in [0.3, 0.4) is 0 Å². The molecule has 0 fully saturated rings. The Labute approximate surface area is 75.5 Å². The number of hydrogen-bond donors (Lipinski definition) is 4. The molecule has 0 bridgehead atoms. The highest BCUT2D eigenvalue weighted by molar-refractivity contribution is 5.74. The SMILES string of the molecule is CCOc1c(O)c(N)cc(N)c1O. The van der Waals surface area contributed by atoms with Gasteiger partial charge in [-0.1, -0.05) is 0 Å². The quantitative estimate of drug-likeness (QED) is 0.307. The molecule has 6 N–H and O–H groups in total. The minimum absolute atomic E-state index is 0.0694. The topological polar surface area (TPSA) is 102 Å². The summed E-state index contributed by atoms with van der Waals surface area (Å²) in [6, 6.07) is 1.27. The Morgan fingerprint density at radius 1 is 1.23 bits per heavy atom. The van der Waals surface area contributed by atoms with E-state index in [2.05, 4.69) is 0 Å².